The summed E-state index contributed by atoms with van der Waals surface area (Å²) < 4.78 is 13.6. The minimum Gasteiger partial charge on any atom is -0.328 e. The van der Waals surface area contributed by atoms with Crippen molar-refractivity contribution in [1.82, 2.24) is 4.90 Å². The average Bonchev–Trinajstić information content (AvgIpc) is 2.81. The van der Waals surface area contributed by atoms with Crippen LogP contribution in [0.25, 0.3) is 0 Å². The summed E-state index contributed by atoms with van der Waals surface area (Å²) in [5, 5.41) is 2.87. The molecule has 20 heavy (non-hydrogen) atoms. The van der Waals surface area contributed by atoms with Crippen LogP contribution in [0.1, 0.15) is 13.3 Å². The molecule has 1 heterocycles. The van der Waals surface area contributed by atoms with Gasteiger partial charge in [-0.1, -0.05) is 11.6 Å². The first-order valence-electron chi connectivity index (χ1n) is 6.68. The Kier molecular flexibility index (Phi) is 4.96. The Bertz CT molecular complexity index is 495. The van der Waals surface area contributed by atoms with E-state index in [1.54, 1.807) is 6.07 Å². The lowest BCUT2D eigenvalue weighted by atomic mass is 10.0. The smallest absolute Gasteiger partial charge is 0.238 e. The molecular formula is C14H19ClFN3O. The zero-order chi connectivity index (χ0) is 14.7. The van der Waals surface area contributed by atoms with Crippen LogP contribution in [0.5, 0.6) is 0 Å². The Labute approximate surface area is 123 Å². The molecular weight excluding hydrogens is 281 g/mol. The molecule has 6 heteroatoms. The van der Waals surface area contributed by atoms with Crippen molar-refractivity contribution in [2.45, 2.75) is 19.4 Å². The van der Waals surface area contributed by atoms with Crippen molar-refractivity contribution in [2.75, 3.05) is 25.0 Å². The monoisotopic (exact) mass is 299 g/mol. The number of nitrogens with two attached hydrogens (primary N) is 1. The van der Waals surface area contributed by atoms with Crippen molar-refractivity contribution in [3.05, 3.63) is 29.0 Å². The third-order valence-corrected chi connectivity index (χ3v) is 3.86. The van der Waals surface area contributed by atoms with E-state index in [1.807, 2.05) is 11.8 Å². The standard InChI is InChI=1S/C14H19ClFN3O/c1-9(17)10-4-5-19(7-10)8-14(20)18-13-3-2-11(15)6-12(13)16/h2-3,6,9-10H,4-5,7-8,17H2,1H3,(H,18,20). The number of carbonyl (C=O) groups is 1. The Morgan fingerprint density at radius 1 is 1.65 bits per heavy atom. The number of nitrogens with one attached hydrogen (secondary N) is 1. The van der Waals surface area contributed by atoms with E-state index in [-0.39, 0.29) is 24.2 Å². The van der Waals surface area contributed by atoms with E-state index in [1.165, 1.54) is 12.1 Å². The van der Waals surface area contributed by atoms with Gasteiger partial charge in [0.25, 0.3) is 0 Å². The fourth-order valence-electron chi connectivity index (χ4n) is 2.42. The van der Waals surface area contributed by atoms with Crippen molar-refractivity contribution in [3.63, 3.8) is 0 Å². The van der Waals surface area contributed by atoms with Gasteiger partial charge in [0.2, 0.25) is 5.91 Å². The van der Waals surface area contributed by atoms with Gasteiger partial charge < -0.3 is 11.1 Å². The van der Waals surface area contributed by atoms with Crippen molar-refractivity contribution in [2.24, 2.45) is 11.7 Å². The minimum absolute atomic E-state index is 0.136. The van der Waals surface area contributed by atoms with Gasteiger partial charge in [-0.3, -0.25) is 9.69 Å². The van der Waals surface area contributed by atoms with Crippen LogP contribution in [0, 0.1) is 11.7 Å². The number of halogens is 2. The molecule has 0 aromatic heterocycles. The topological polar surface area (TPSA) is 58.4 Å². The number of rotatable bonds is 4. The van der Waals surface area contributed by atoms with E-state index in [0.29, 0.717) is 10.9 Å². The zero-order valence-corrected chi connectivity index (χ0v) is 12.2. The molecule has 1 fully saturated rings. The number of carbonyl (C=O) groups excluding carboxylic acids is 1. The van der Waals surface area contributed by atoms with Gasteiger partial charge in [0.05, 0.1) is 12.2 Å². The lowest BCUT2D eigenvalue weighted by Gasteiger charge is -2.17. The molecule has 1 aromatic carbocycles. The van der Waals surface area contributed by atoms with Gasteiger partial charge in [-0.25, -0.2) is 4.39 Å². The zero-order valence-electron chi connectivity index (χ0n) is 11.4. The number of hydrogen-bond acceptors (Lipinski definition) is 3. The molecule has 2 atom stereocenters. The third kappa shape index (κ3) is 3.91. The minimum atomic E-state index is -0.527. The van der Waals surface area contributed by atoms with Crippen LogP contribution in [0.2, 0.25) is 5.02 Å². The highest BCUT2D eigenvalue weighted by atomic mass is 35.5. The molecule has 0 spiro atoms. The normalized spacial score (nSPS) is 20.9. The summed E-state index contributed by atoms with van der Waals surface area (Å²) in [7, 11) is 0. The number of benzene rings is 1. The molecule has 0 radical (unpaired) electrons. The first kappa shape index (κ1) is 15.2. The van der Waals surface area contributed by atoms with Crippen molar-refractivity contribution < 1.29 is 9.18 Å². The summed E-state index contributed by atoms with van der Waals surface area (Å²) >= 11 is 5.66. The van der Waals surface area contributed by atoms with Gasteiger partial charge in [0.15, 0.2) is 0 Å². The highest BCUT2D eigenvalue weighted by Gasteiger charge is 2.26. The van der Waals surface area contributed by atoms with Crippen molar-refractivity contribution in [3.8, 4) is 0 Å². The molecule has 4 nitrogen and oxygen atoms in total. The second-order valence-electron chi connectivity index (χ2n) is 5.32. The fraction of sp³-hybridized carbons (Fsp3) is 0.500. The number of nitrogens with zero attached hydrogens (tertiary/aromatic N) is 1. The van der Waals surface area contributed by atoms with Crippen LogP contribution in [0.3, 0.4) is 0 Å². The molecule has 1 aliphatic rings. The molecule has 0 aliphatic carbocycles. The maximum absolute atomic E-state index is 13.6. The lowest BCUT2D eigenvalue weighted by Crippen LogP contribution is -2.34. The summed E-state index contributed by atoms with van der Waals surface area (Å²) in [4.78, 5) is 13.9. The highest BCUT2D eigenvalue weighted by molar-refractivity contribution is 6.30. The number of likely N-dealkylation sites (tertiary alicyclic amines) is 1. The van der Waals surface area contributed by atoms with Gasteiger partial charge in [-0.15, -0.1) is 0 Å². The quantitative estimate of drug-likeness (QED) is 0.895. The van der Waals surface area contributed by atoms with E-state index >= 15 is 0 Å². The molecule has 0 bridgehead atoms. The largest absolute Gasteiger partial charge is 0.328 e. The van der Waals surface area contributed by atoms with Crippen molar-refractivity contribution in [1.29, 1.82) is 0 Å². The van der Waals surface area contributed by atoms with Crippen LogP contribution in [0.15, 0.2) is 18.2 Å². The summed E-state index contributed by atoms with van der Waals surface area (Å²) in [6, 6.07) is 4.32. The summed E-state index contributed by atoms with van der Waals surface area (Å²) in [6.07, 6.45) is 1.00. The van der Waals surface area contributed by atoms with Gasteiger partial charge in [0.1, 0.15) is 5.82 Å². The molecule has 0 saturated carbocycles. The molecule has 2 rings (SSSR count). The molecule has 1 aliphatic heterocycles. The van der Waals surface area contributed by atoms with Gasteiger partial charge >= 0.3 is 0 Å². The predicted octanol–water partition coefficient (Wildman–Crippen LogP) is 2.09. The third-order valence-electron chi connectivity index (χ3n) is 3.62. The SMILES string of the molecule is CC(N)C1CCN(CC(=O)Nc2ccc(Cl)cc2F)C1. The highest BCUT2D eigenvalue weighted by Crippen LogP contribution is 2.20. The molecule has 2 unspecified atom stereocenters. The lowest BCUT2D eigenvalue weighted by molar-refractivity contribution is -0.117. The van der Waals surface area contributed by atoms with Crippen LogP contribution in [-0.2, 0) is 4.79 Å². The van der Waals surface area contributed by atoms with Crippen LogP contribution < -0.4 is 11.1 Å². The second kappa shape index (κ2) is 6.52. The second-order valence-corrected chi connectivity index (χ2v) is 5.75. The van der Waals surface area contributed by atoms with Crippen LogP contribution in [-0.4, -0.2) is 36.5 Å². The average molecular weight is 300 g/mol. The predicted molar refractivity (Wildman–Crippen MR) is 78.2 cm³/mol. The molecule has 110 valence electrons. The van der Waals surface area contributed by atoms with Crippen LogP contribution >= 0.6 is 11.6 Å². The fourth-order valence-corrected chi connectivity index (χ4v) is 2.58. The maximum atomic E-state index is 13.6. The summed E-state index contributed by atoms with van der Waals surface area (Å²) in [6.45, 7) is 3.90. The van der Waals surface area contributed by atoms with E-state index in [9.17, 15) is 9.18 Å². The summed E-state index contributed by atoms with van der Waals surface area (Å²) in [5.41, 5.74) is 6.01. The first-order chi connectivity index (χ1) is 9.45. The van der Waals surface area contributed by atoms with Gasteiger partial charge in [-0.2, -0.15) is 0 Å². The molecule has 3 N–H and O–H groups in total. The number of amides is 1. The Morgan fingerprint density at radius 3 is 3.00 bits per heavy atom. The van der Waals surface area contributed by atoms with E-state index < -0.39 is 5.82 Å². The van der Waals surface area contributed by atoms with E-state index in [0.717, 1.165) is 19.5 Å². The summed E-state index contributed by atoms with van der Waals surface area (Å²) in [5.74, 6) is -0.327. The van der Waals surface area contributed by atoms with Gasteiger partial charge in [0, 0.05) is 17.6 Å². The van der Waals surface area contributed by atoms with Crippen LogP contribution in [0.4, 0.5) is 10.1 Å². The molecule has 1 amide bonds. The van der Waals surface area contributed by atoms with Gasteiger partial charge in [-0.05, 0) is 44.0 Å². The number of anilines is 1. The molecule has 1 saturated heterocycles. The number of hydrogen-bond donors (Lipinski definition) is 2. The Morgan fingerprint density at radius 2 is 2.40 bits per heavy atom. The first-order valence-corrected chi connectivity index (χ1v) is 7.06. The van der Waals surface area contributed by atoms with E-state index in [2.05, 4.69) is 5.32 Å². The maximum Gasteiger partial charge on any atom is 0.238 e. The Hall–Kier alpha value is -1.17. The van der Waals surface area contributed by atoms with E-state index in [4.69, 9.17) is 17.3 Å². The Balaban J connectivity index is 1.87. The van der Waals surface area contributed by atoms with Crippen molar-refractivity contribution >= 4 is 23.2 Å². The molecule has 1 aromatic rings.